The van der Waals surface area contributed by atoms with E-state index < -0.39 is 5.92 Å². The number of ether oxygens (including phenoxy) is 1. The van der Waals surface area contributed by atoms with Crippen LogP contribution in [0.5, 0.6) is 5.75 Å². The summed E-state index contributed by atoms with van der Waals surface area (Å²) in [7, 11) is 1.34. The van der Waals surface area contributed by atoms with Crippen LogP contribution in [0.3, 0.4) is 0 Å². The SMILES string of the molecule is COC(=O)[C@H](CNc1nnc(C)c(C)c1C#N)Cc1ccc(O)cc1. The predicted molar refractivity (Wildman–Crippen MR) is 92.0 cm³/mol. The molecule has 2 N–H and O–H groups in total. The minimum atomic E-state index is -0.468. The number of aryl methyl sites for hydroxylation is 1. The second kappa shape index (κ2) is 8.11. The van der Waals surface area contributed by atoms with Crippen molar-refractivity contribution in [3.63, 3.8) is 0 Å². The van der Waals surface area contributed by atoms with Gasteiger partial charge in [-0.1, -0.05) is 12.1 Å². The van der Waals surface area contributed by atoms with E-state index >= 15 is 0 Å². The number of phenols is 1. The first-order chi connectivity index (χ1) is 12.0. The number of esters is 1. The van der Waals surface area contributed by atoms with Crippen LogP contribution in [-0.2, 0) is 16.0 Å². The number of rotatable bonds is 6. The average Bonchev–Trinajstić information content (AvgIpc) is 2.62. The first-order valence-corrected chi connectivity index (χ1v) is 7.79. The molecule has 0 saturated carbocycles. The number of hydrogen-bond donors (Lipinski definition) is 2. The average molecular weight is 340 g/mol. The lowest BCUT2D eigenvalue weighted by atomic mass is 9.99. The third-order valence-corrected chi connectivity index (χ3v) is 4.04. The van der Waals surface area contributed by atoms with Crippen LogP contribution in [0.2, 0.25) is 0 Å². The van der Waals surface area contributed by atoms with Crippen LogP contribution in [0.4, 0.5) is 5.82 Å². The van der Waals surface area contributed by atoms with E-state index in [-0.39, 0.29) is 18.3 Å². The number of anilines is 1. The molecule has 0 spiro atoms. The van der Waals surface area contributed by atoms with E-state index in [1.807, 2.05) is 6.92 Å². The fraction of sp³-hybridized carbons (Fsp3) is 0.333. The maximum Gasteiger partial charge on any atom is 0.310 e. The Kier molecular flexibility index (Phi) is 5.90. The number of carbonyl (C=O) groups excluding carboxylic acids is 1. The lowest BCUT2D eigenvalue weighted by molar-refractivity contribution is -0.144. The van der Waals surface area contributed by atoms with Crippen LogP contribution >= 0.6 is 0 Å². The molecular formula is C18H20N4O3. The van der Waals surface area contributed by atoms with Gasteiger partial charge >= 0.3 is 5.97 Å². The standard InChI is InChI=1S/C18H20N4O3/c1-11-12(2)21-22-17(16(11)9-19)20-10-14(18(24)25-3)8-13-4-6-15(23)7-5-13/h4-7,14,23H,8,10H2,1-3H3,(H,20,22)/t14-/m0/s1. The lowest BCUT2D eigenvalue weighted by Crippen LogP contribution is -2.27. The summed E-state index contributed by atoms with van der Waals surface area (Å²) in [5.41, 5.74) is 2.76. The number of nitrogens with one attached hydrogen (secondary N) is 1. The molecule has 0 radical (unpaired) electrons. The Morgan fingerprint density at radius 2 is 2.00 bits per heavy atom. The van der Waals surface area contributed by atoms with Crippen molar-refractivity contribution in [2.45, 2.75) is 20.3 Å². The minimum Gasteiger partial charge on any atom is -0.508 e. The molecule has 1 atom stereocenters. The van der Waals surface area contributed by atoms with Gasteiger partial charge in [-0.25, -0.2) is 0 Å². The van der Waals surface area contributed by atoms with E-state index in [1.54, 1.807) is 31.2 Å². The van der Waals surface area contributed by atoms with Gasteiger partial charge < -0.3 is 15.2 Å². The second-order valence-electron chi connectivity index (χ2n) is 5.72. The summed E-state index contributed by atoms with van der Waals surface area (Å²) in [6.45, 7) is 3.84. The molecule has 1 aromatic heterocycles. The van der Waals surface area contributed by atoms with Crippen LogP contribution in [0.15, 0.2) is 24.3 Å². The Balaban J connectivity index is 2.16. The van der Waals surface area contributed by atoms with Crippen molar-refractivity contribution in [2.24, 2.45) is 5.92 Å². The summed E-state index contributed by atoms with van der Waals surface area (Å²) in [5.74, 6) is -0.314. The van der Waals surface area contributed by atoms with Crippen LogP contribution in [0.1, 0.15) is 22.4 Å². The van der Waals surface area contributed by atoms with Gasteiger partial charge in [-0.05, 0) is 43.5 Å². The van der Waals surface area contributed by atoms with Crippen molar-refractivity contribution >= 4 is 11.8 Å². The second-order valence-corrected chi connectivity index (χ2v) is 5.72. The first kappa shape index (κ1) is 18.2. The Morgan fingerprint density at radius 1 is 1.32 bits per heavy atom. The molecule has 1 aromatic carbocycles. The van der Waals surface area contributed by atoms with Gasteiger partial charge in [-0.3, -0.25) is 4.79 Å². The molecule has 2 aromatic rings. The predicted octanol–water partition coefficient (Wildman–Crippen LogP) is 2.11. The zero-order chi connectivity index (χ0) is 18.4. The fourth-order valence-electron chi connectivity index (χ4n) is 2.41. The van der Waals surface area contributed by atoms with Gasteiger partial charge in [0.1, 0.15) is 17.4 Å². The van der Waals surface area contributed by atoms with E-state index in [9.17, 15) is 15.2 Å². The third kappa shape index (κ3) is 4.44. The van der Waals surface area contributed by atoms with Crippen LogP contribution < -0.4 is 5.32 Å². The molecule has 0 unspecified atom stereocenters. The molecule has 0 aliphatic carbocycles. The smallest absolute Gasteiger partial charge is 0.310 e. The number of hydrogen-bond acceptors (Lipinski definition) is 7. The summed E-state index contributed by atoms with van der Waals surface area (Å²) in [5, 5.41) is 29.8. The Labute approximate surface area is 146 Å². The zero-order valence-corrected chi connectivity index (χ0v) is 14.4. The maximum atomic E-state index is 12.1. The summed E-state index contributed by atoms with van der Waals surface area (Å²) < 4.78 is 4.87. The number of phenolic OH excluding ortho intramolecular Hbond substituents is 1. The molecule has 25 heavy (non-hydrogen) atoms. The summed E-state index contributed by atoms with van der Waals surface area (Å²) in [4.78, 5) is 12.1. The van der Waals surface area contributed by atoms with Crippen LogP contribution in [0.25, 0.3) is 0 Å². The van der Waals surface area contributed by atoms with Gasteiger partial charge in [-0.2, -0.15) is 10.4 Å². The normalized spacial score (nSPS) is 11.4. The van der Waals surface area contributed by atoms with Crippen LogP contribution in [0, 0.1) is 31.1 Å². The highest BCUT2D eigenvalue weighted by atomic mass is 16.5. The number of benzene rings is 1. The van der Waals surface area contributed by atoms with E-state index in [2.05, 4.69) is 21.6 Å². The summed E-state index contributed by atoms with van der Waals surface area (Å²) in [6.07, 6.45) is 0.431. The van der Waals surface area contributed by atoms with Gasteiger partial charge in [0.2, 0.25) is 0 Å². The van der Waals surface area contributed by atoms with Crippen LogP contribution in [-0.4, -0.2) is 34.9 Å². The van der Waals surface area contributed by atoms with E-state index in [4.69, 9.17) is 4.74 Å². The minimum absolute atomic E-state index is 0.167. The molecule has 130 valence electrons. The molecule has 7 heteroatoms. The number of aromatic hydroxyl groups is 1. The molecule has 1 heterocycles. The maximum absolute atomic E-state index is 12.1. The first-order valence-electron chi connectivity index (χ1n) is 7.79. The number of nitrogens with zero attached hydrogens (tertiary/aromatic N) is 3. The monoisotopic (exact) mass is 340 g/mol. The Hall–Kier alpha value is -3.14. The molecule has 0 fully saturated rings. The molecule has 0 amide bonds. The van der Waals surface area contributed by atoms with Crippen molar-refractivity contribution < 1.29 is 14.6 Å². The van der Waals surface area contributed by atoms with Crippen molar-refractivity contribution in [3.05, 3.63) is 46.6 Å². The van der Waals surface area contributed by atoms with E-state index in [0.29, 0.717) is 23.5 Å². The molecule has 0 saturated heterocycles. The number of methoxy groups -OCH3 is 1. The van der Waals surface area contributed by atoms with Gasteiger partial charge in [0.15, 0.2) is 5.82 Å². The Bertz CT molecular complexity index is 797. The van der Waals surface area contributed by atoms with Crippen molar-refractivity contribution in [1.82, 2.24) is 10.2 Å². The number of aromatic nitrogens is 2. The van der Waals surface area contributed by atoms with E-state index in [1.165, 1.54) is 7.11 Å². The highest BCUT2D eigenvalue weighted by Gasteiger charge is 2.21. The highest BCUT2D eigenvalue weighted by Crippen LogP contribution is 2.19. The quantitative estimate of drug-likeness (QED) is 0.775. The topological polar surface area (TPSA) is 108 Å². The number of nitriles is 1. The van der Waals surface area contributed by atoms with Gasteiger partial charge in [0, 0.05) is 6.54 Å². The van der Waals surface area contributed by atoms with Gasteiger partial charge in [0.25, 0.3) is 0 Å². The van der Waals surface area contributed by atoms with Gasteiger partial charge in [-0.15, -0.1) is 5.10 Å². The summed E-state index contributed by atoms with van der Waals surface area (Å²) >= 11 is 0. The largest absolute Gasteiger partial charge is 0.508 e. The Morgan fingerprint density at radius 3 is 2.60 bits per heavy atom. The molecule has 7 nitrogen and oxygen atoms in total. The van der Waals surface area contributed by atoms with E-state index in [0.717, 1.165) is 11.1 Å². The van der Waals surface area contributed by atoms with Gasteiger partial charge in [0.05, 0.1) is 18.7 Å². The lowest BCUT2D eigenvalue weighted by Gasteiger charge is -2.17. The summed E-state index contributed by atoms with van der Waals surface area (Å²) in [6, 6.07) is 8.76. The molecular weight excluding hydrogens is 320 g/mol. The van der Waals surface area contributed by atoms with Crippen molar-refractivity contribution in [1.29, 1.82) is 5.26 Å². The van der Waals surface area contributed by atoms with Crippen molar-refractivity contribution in [3.8, 4) is 11.8 Å². The molecule has 0 aliphatic heterocycles. The molecule has 0 aliphatic rings. The third-order valence-electron chi connectivity index (χ3n) is 4.04. The van der Waals surface area contributed by atoms with Crippen molar-refractivity contribution in [2.75, 3.05) is 19.0 Å². The fourth-order valence-corrected chi connectivity index (χ4v) is 2.41. The molecule has 2 rings (SSSR count). The molecule has 0 bridgehead atoms. The number of carbonyl (C=O) groups is 1. The zero-order valence-electron chi connectivity index (χ0n) is 14.4. The highest BCUT2D eigenvalue weighted by molar-refractivity contribution is 5.73.